The fourth-order valence-electron chi connectivity index (χ4n) is 3.75. The second-order valence-corrected chi connectivity index (χ2v) is 7.67. The highest BCUT2D eigenvalue weighted by Crippen LogP contribution is 2.33. The van der Waals surface area contributed by atoms with Gasteiger partial charge in [-0.15, -0.1) is 0 Å². The van der Waals surface area contributed by atoms with Gasteiger partial charge in [0.1, 0.15) is 11.5 Å². The molecule has 1 aliphatic heterocycles. The fraction of sp³-hybridized carbons (Fsp3) is 0.273. The molecule has 1 atom stereocenters. The van der Waals surface area contributed by atoms with Crippen LogP contribution in [0.25, 0.3) is 0 Å². The minimum absolute atomic E-state index is 0.112. The number of ketones is 1. The van der Waals surface area contributed by atoms with Crippen molar-refractivity contribution >= 4 is 17.4 Å². The summed E-state index contributed by atoms with van der Waals surface area (Å²) in [7, 11) is 0. The fourth-order valence-corrected chi connectivity index (χ4v) is 3.75. The molecular weight excluding hydrogens is 428 g/mol. The summed E-state index contributed by atoms with van der Waals surface area (Å²) in [5, 5.41) is 4.23. The predicted octanol–water partition coefficient (Wildman–Crippen LogP) is 4.39. The van der Waals surface area contributed by atoms with Crippen LogP contribution < -0.4 is 4.90 Å². The van der Waals surface area contributed by atoms with Gasteiger partial charge in [-0.05, 0) is 43.7 Å². The highest BCUT2D eigenvalue weighted by Gasteiger charge is 2.35. The molecule has 0 bridgehead atoms. The minimum atomic E-state index is -4.48. The smallest absolute Gasteiger partial charge is 0.305 e. The van der Waals surface area contributed by atoms with Crippen LogP contribution in [0.1, 0.15) is 50.5 Å². The van der Waals surface area contributed by atoms with Gasteiger partial charge in [0.15, 0.2) is 5.78 Å². The van der Waals surface area contributed by atoms with Crippen LogP contribution >= 0.6 is 0 Å². The number of aromatic nitrogens is 3. The summed E-state index contributed by atoms with van der Waals surface area (Å²) >= 11 is 0. The van der Waals surface area contributed by atoms with Gasteiger partial charge < -0.3 is 4.90 Å². The lowest BCUT2D eigenvalue weighted by atomic mass is 10.00. The van der Waals surface area contributed by atoms with E-state index < -0.39 is 29.2 Å². The van der Waals surface area contributed by atoms with Gasteiger partial charge in [0, 0.05) is 36.0 Å². The molecule has 1 amide bonds. The van der Waals surface area contributed by atoms with E-state index in [0.29, 0.717) is 11.3 Å². The quantitative estimate of drug-likeness (QED) is 0.440. The van der Waals surface area contributed by atoms with Crippen molar-refractivity contribution in [1.29, 1.82) is 0 Å². The molecule has 166 valence electrons. The lowest BCUT2D eigenvalue weighted by Gasteiger charge is -2.32. The zero-order valence-corrected chi connectivity index (χ0v) is 17.2. The van der Waals surface area contributed by atoms with E-state index in [1.54, 1.807) is 0 Å². The van der Waals surface area contributed by atoms with Crippen molar-refractivity contribution in [2.24, 2.45) is 0 Å². The molecule has 10 heteroatoms. The van der Waals surface area contributed by atoms with Crippen molar-refractivity contribution in [3.63, 3.8) is 0 Å². The number of nitrogens with zero attached hydrogens (tertiary/aromatic N) is 4. The molecule has 2 aromatic heterocycles. The van der Waals surface area contributed by atoms with Crippen LogP contribution in [-0.4, -0.2) is 33.0 Å². The van der Waals surface area contributed by atoms with Gasteiger partial charge in [0.2, 0.25) is 0 Å². The second kappa shape index (κ2) is 7.85. The van der Waals surface area contributed by atoms with Crippen LogP contribution in [-0.2, 0) is 12.6 Å². The number of Topliss-reactive ketones (excluding diaryl/α,β-unsaturated/α-hetero) is 1. The summed E-state index contributed by atoms with van der Waals surface area (Å²) in [5.74, 6) is -1.50. The van der Waals surface area contributed by atoms with E-state index in [1.165, 1.54) is 41.0 Å². The Bertz CT molecular complexity index is 1200. The van der Waals surface area contributed by atoms with Crippen molar-refractivity contribution in [1.82, 2.24) is 14.8 Å². The summed E-state index contributed by atoms with van der Waals surface area (Å²) in [6.07, 6.45) is -0.967. The van der Waals surface area contributed by atoms with Crippen molar-refractivity contribution in [2.75, 3.05) is 11.4 Å². The van der Waals surface area contributed by atoms with Gasteiger partial charge in [-0.2, -0.15) is 18.3 Å². The van der Waals surface area contributed by atoms with Crippen molar-refractivity contribution in [2.45, 2.75) is 32.5 Å². The standard InChI is InChI=1S/C22H18F4N4O2/c1-12-11-29(16-5-3-15(4-6-16)22(24,25)26)21(32)20-14(8-28-30(12)20)7-19(31)17-9-27-10-18(23)13(17)2/h3-6,8-10,12H,7,11H2,1-2H3/t12-/m0/s1. The lowest BCUT2D eigenvalue weighted by Crippen LogP contribution is -2.43. The monoisotopic (exact) mass is 446 g/mol. The third-order valence-electron chi connectivity index (χ3n) is 5.49. The summed E-state index contributed by atoms with van der Waals surface area (Å²) < 4.78 is 53.9. The van der Waals surface area contributed by atoms with E-state index in [1.807, 2.05) is 6.92 Å². The Hall–Kier alpha value is -3.56. The summed E-state index contributed by atoms with van der Waals surface area (Å²) in [5.41, 5.74) is 0.308. The molecule has 0 saturated carbocycles. The van der Waals surface area contributed by atoms with E-state index in [2.05, 4.69) is 10.1 Å². The van der Waals surface area contributed by atoms with Gasteiger partial charge in [0.05, 0.1) is 24.0 Å². The van der Waals surface area contributed by atoms with Crippen LogP contribution in [0.2, 0.25) is 0 Å². The van der Waals surface area contributed by atoms with Gasteiger partial charge in [0.25, 0.3) is 5.91 Å². The Kier molecular flexibility index (Phi) is 5.31. The average molecular weight is 446 g/mol. The van der Waals surface area contributed by atoms with Gasteiger partial charge in [-0.3, -0.25) is 19.3 Å². The van der Waals surface area contributed by atoms with E-state index >= 15 is 0 Å². The third kappa shape index (κ3) is 3.76. The first kappa shape index (κ1) is 21.7. The van der Waals surface area contributed by atoms with Gasteiger partial charge in [-0.25, -0.2) is 4.39 Å². The molecule has 6 nitrogen and oxygen atoms in total. The zero-order valence-electron chi connectivity index (χ0n) is 17.2. The molecule has 0 N–H and O–H groups in total. The first-order valence-corrected chi connectivity index (χ1v) is 9.76. The number of carbonyl (C=O) groups excluding carboxylic acids is 2. The maximum Gasteiger partial charge on any atom is 0.416 e. The minimum Gasteiger partial charge on any atom is -0.305 e. The summed E-state index contributed by atoms with van der Waals surface area (Å²) in [4.78, 5) is 31.1. The number of hydrogen-bond donors (Lipinski definition) is 0. The molecule has 3 heterocycles. The molecule has 3 aromatic rings. The largest absolute Gasteiger partial charge is 0.416 e. The van der Waals surface area contributed by atoms with Crippen molar-refractivity contribution < 1.29 is 27.2 Å². The Morgan fingerprint density at radius 1 is 1.16 bits per heavy atom. The summed E-state index contributed by atoms with van der Waals surface area (Å²) in [6, 6.07) is 4.05. The van der Waals surface area contributed by atoms with Crippen LogP contribution in [0.15, 0.2) is 42.9 Å². The Morgan fingerprint density at radius 2 is 1.84 bits per heavy atom. The molecular formula is C22H18F4N4O2. The molecule has 0 fully saturated rings. The molecule has 0 unspecified atom stereocenters. The van der Waals surface area contributed by atoms with Crippen LogP contribution in [0.5, 0.6) is 0 Å². The molecule has 0 saturated heterocycles. The average Bonchev–Trinajstić information content (AvgIpc) is 3.16. The normalized spacial score (nSPS) is 16.2. The molecule has 0 spiro atoms. The van der Waals surface area contributed by atoms with Crippen molar-refractivity contribution in [3.8, 4) is 0 Å². The van der Waals surface area contributed by atoms with Crippen LogP contribution in [0.3, 0.4) is 0 Å². The number of anilines is 1. The number of alkyl halides is 3. The maximum atomic E-state index is 13.8. The van der Waals surface area contributed by atoms with Gasteiger partial charge in [-0.1, -0.05) is 0 Å². The number of fused-ring (bicyclic) bond motifs is 1. The number of benzene rings is 1. The highest BCUT2D eigenvalue weighted by molar-refractivity contribution is 6.08. The number of hydrogen-bond acceptors (Lipinski definition) is 4. The molecule has 1 aliphatic rings. The Labute approximate surface area is 180 Å². The Balaban J connectivity index is 1.65. The van der Waals surface area contributed by atoms with Crippen molar-refractivity contribution in [3.05, 3.63) is 76.6 Å². The molecule has 1 aromatic carbocycles. The first-order valence-electron chi connectivity index (χ1n) is 9.76. The second-order valence-electron chi connectivity index (χ2n) is 7.67. The lowest BCUT2D eigenvalue weighted by molar-refractivity contribution is -0.137. The Morgan fingerprint density at radius 3 is 2.50 bits per heavy atom. The zero-order chi connectivity index (χ0) is 23.2. The third-order valence-corrected chi connectivity index (χ3v) is 5.49. The topological polar surface area (TPSA) is 68.1 Å². The number of rotatable bonds is 4. The SMILES string of the molecule is Cc1c(F)cncc1C(=O)Cc1cnn2c1C(=O)N(c1ccc(C(F)(F)F)cc1)C[C@@H]2C. The number of amides is 1. The molecule has 0 aliphatic carbocycles. The van der Waals surface area contributed by atoms with Gasteiger partial charge >= 0.3 is 6.18 Å². The van der Waals surface area contributed by atoms with E-state index in [-0.39, 0.29) is 35.8 Å². The van der Waals surface area contributed by atoms with Crippen LogP contribution in [0, 0.1) is 12.7 Å². The molecule has 32 heavy (non-hydrogen) atoms. The number of pyridine rings is 1. The first-order chi connectivity index (χ1) is 15.1. The maximum absolute atomic E-state index is 13.8. The highest BCUT2D eigenvalue weighted by atomic mass is 19.4. The number of halogens is 4. The predicted molar refractivity (Wildman–Crippen MR) is 107 cm³/mol. The van der Waals surface area contributed by atoms with E-state index in [0.717, 1.165) is 18.3 Å². The number of carbonyl (C=O) groups is 2. The van der Waals surface area contributed by atoms with E-state index in [4.69, 9.17) is 0 Å². The van der Waals surface area contributed by atoms with E-state index in [9.17, 15) is 27.2 Å². The van der Waals surface area contributed by atoms with Crippen LogP contribution in [0.4, 0.5) is 23.2 Å². The molecule has 0 radical (unpaired) electrons. The summed E-state index contributed by atoms with van der Waals surface area (Å²) in [6.45, 7) is 3.49. The molecule has 4 rings (SSSR count).